The van der Waals surface area contributed by atoms with E-state index in [0.717, 1.165) is 22.3 Å². The van der Waals surface area contributed by atoms with Crippen LogP contribution in [0.5, 0.6) is 0 Å². The average Bonchev–Trinajstić information content (AvgIpc) is 3.68. The van der Waals surface area contributed by atoms with Crippen LogP contribution in [0.25, 0.3) is 44.1 Å². The molecule has 6 rings (SSSR count). The summed E-state index contributed by atoms with van der Waals surface area (Å²) < 4.78 is 20.4. The molecule has 0 bridgehead atoms. The predicted molar refractivity (Wildman–Crippen MR) is 231 cm³/mol. The fourth-order valence-corrected chi connectivity index (χ4v) is 8.70. The van der Waals surface area contributed by atoms with Crippen LogP contribution in [-0.2, 0) is 44.1 Å². The molecule has 0 saturated carbocycles. The molecule has 5 heterocycles. The molecule has 0 N–H and O–H groups in total. The molecule has 0 radical (unpaired) electrons. The van der Waals surface area contributed by atoms with E-state index in [-0.39, 0.29) is 28.4 Å². The van der Waals surface area contributed by atoms with Crippen LogP contribution >= 0.6 is 69.0 Å². The van der Waals surface area contributed by atoms with Gasteiger partial charge >= 0.3 is 0 Å². The minimum atomic E-state index is -1.22. The Bertz CT molecular complexity index is 2440. The monoisotopic (exact) mass is 950 g/mol. The van der Waals surface area contributed by atoms with Crippen molar-refractivity contribution in [1.82, 2.24) is 38.0 Å². The molecule has 6 aromatic rings. The van der Waals surface area contributed by atoms with Gasteiger partial charge in [0.25, 0.3) is 11.1 Å². The lowest BCUT2D eigenvalue weighted by atomic mass is 10.0. The van der Waals surface area contributed by atoms with E-state index in [9.17, 15) is 9.59 Å². The molecule has 0 aliphatic carbocycles. The quantitative estimate of drug-likeness (QED) is 0.0552. The number of nitrogens with zero attached hydrogens (tertiary/aromatic N) is 8. The predicted octanol–water partition coefficient (Wildman–Crippen LogP) is 8.87. The molecular weight excluding hydrogens is 909 g/mol. The number of ether oxygens (including phenoxy) is 2. The van der Waals surface area contributed by atoms with Gasteiger partial charge in [-0.05, 0) is 63.9 Å². The zero-order valence-electron chi connectivity index (χ0n) is 31.2. The Hall–Kier alpha value is -2.23. The largest absolute Gasteiger partial charge is 0.361 e. The summed E-state index contributed by atoms with van der Waals surface area (Å²) >= 11 is 27.6. The number of aryl methyl sites for hydroxylation is 1. The van der Waals surface area contributed by atoms with Gasteiger partial charge in [0.2, 0.25) is 10.6 Å². The third kappa shape index (κ3) is 9.26. The van der Waals surface area contributed by atoms with E-state index in [1.165, 1.54) is 9.13 Å². The van der Waals surface area contributed by atoms with Crippen LogP contribution < -0.4 is 11.1 Å². The van der Waals surface area contributed by atoms with Crippen LogP contribution in [0.15, 0.2) is 34.1 Å². The number of hydrogen-bond acceptors (Lipinski definition) is 7. The molecule has 0 aliphatic rings. The Balaban J connectivity index is 0.000000224. The van der Waals surface area contributed by atoms with E-state index in [2.05, 4.69) is 76.9 Å². The smallest absolute Gasteiger partial charge is 0.264 e. The fraction of sp³-hybridized carbons (Fsp3) is 0.441. The Morgan fingerprint density at radius 3 is 1.72 bits per heavy atom. The maximum Gasteiger partial charge on any atom is 0.264 e. The highest BCUT2D eigenvalue weighted by atomic mass is 127. The summed E-state index contributed by atoms with van der Waals surface area (Å²) in [6, 6.07) is 5.83. The first-order valence-corrected chi connectivity index (χ1v) is 26.8. The lowest BCUT2D eigenvalue weighted by Gasteiger charge is -2.15. The minimum Gasteiger partial charge on any atom is -0.361 e. The third-order valence-corrected chi connectivity index (χ3v) is 14.4. The third-order valence-electron chi connectivity index (χ3n) is 8.65. The molecule has 0 aliphatic heterocycles. The van der Waals surface area contributed by atoms with Crippen LogP contribution in [0.1, 0.15) is 0 Å². The number of benzene rings is 1. The van der Waals surface area contributed by atoms with Gasteiger partial charge in [-0.1, -0.05) is 68.6 Å². The van der Waals surface area contributed by atoms with Gasteiger partial charge in [0.1, 0.15) is 18.6 Å². The maximum absolute atomic E-state index is 13.2. The molecule has 0 fully saturated rings. The van der Waals surface area contributed by atoms with Crippen molar-refractivity contribution in [2.75, 3.05) is 13.2 Å². The molecular formula is C34H43Cl4IN8O4Si2. The summed E-state index contributed by atoms with van der Waals surface area (Å²) in [5.41, 5.74) is 2.64. The molecule has 12 nitrogen and oxygen atoms in total. The van der Waals surface area contributed by atoms with Crippen molar-refractivity contribution in [2.24, 2.45) is 21.1 Å². The first-order chi connectivity index (χ1) is 24.7. The van der Waals surface area contributed by atoms with Crippen LogP contribution in [0.2, 0.25) is 72.1 Å². The van der Waals surface area contributed by atoms with E-state index in [4.69, 9.17) is 55.9 Å². The number of rotatable bonds is 11. The lowest BCUT2D eigenvalue weighted by Crippen LogP contribution is -2.22. The molecule has 0 amide bonds. The maximum atomic E-state index is 13.2. The van der Waals surface area contributed by atoms with Crippen molar-refractivity contribution in [2.45, 2.75) is 64.8 Å². The average molecular weight is 953 g/mol. The van der Waals surface area contributed by atoms with Gasteiger partial charge in [0.15, 0.2) is 11.3 Å². The van der Waals surface area contributed by atoms with E-state index in [0.29, 0.717) is 67.6 Å². The molecule has 53 heavy (non-hydrogen) atoms. The Morgan fingerprint density at radius 1 is 0.698 bits per heavy atom. The van der Waals surface area contributed by atoms with Crippen molar-refractivity contribution in [3.05, 3.63) is 69.5 Å². The first kappa shape index (κ1) is 41.9. The van der Waals surface area contributed by atoms with Gasteiger partial charge in [-0.25, -0.2) is 9.97 Å². The molecule has 19 heteroatoms. The van der Waals surface area contributed by atoms with E-state index in [1.807, 2.05) is 29.1 Å². The second-order valence-corrected chi connectivity index (χ2v) is 29.1. The van der Waals surface area contributed by atoms with Gasteiger partial charge in [-0.2, -0.15) is 5.10 Å². The summed E-state index contributed by atoms with van der Waals surface area (Å²) in [6.45, 7) is 15.8. The van der Waals surface area contributed by atoms with Gasteiger partial charge in [-0.15, -0.1) is 0 Å². The number of hydrogen-bond donors (Lipinski definition) is 0. The second kappa shape index (κ2) is 16.5. The summed E-state index contributed by atoms with van der Waals surface area (Å²) in [7, 11) is 2.65. The van der Waals surface area contributed by atoms with Crippen LogP contribution in [-0.4, -0.2) is 67.4 Å². The van der Waals surface area contributed by atoms with Gasteiger partial charge in [0, 0.05) is 77.6 Å². The highest BCUT2D eigenvalue weighted by Crippen LogP contribution is 2.40. The minimum absolute atomic E-state index is 0.104. The van der Waals surface area contributed by atoms with Crippen molar-refractivity contribution in [1.29, 1.82) is 0 Å². The number of fused-ring (bicyclic) bond motifs is 3. The Kier molecular flexibility index (Phi) is 13.0. The highest BCUT2D eigenvalue weighted by Gasteiger charge is 2.23. The van der Waals surface area contributed by atoms with Crippen molar-refractivity contribution >= 4 is 118 Å². The lowest BCUT2D eigenvalue weighted by molar-refractivity contribution is 0.0897. The molecule has 0 unspecified atom stereocenters. The fourth-order valence-electron chi connectivity index (χ4n) is 5.44. The van der Waals surface area contributed by atoms with Crippen molar-refractivity contribution in [3.63, 3.8) is 0 Å². The van der Waals surface area contributed by atoms with E-state index < -0.39 is 16.1 Å². The van der Waals surface area contributed by atoms with Crippen molar-refractivity contribution in [3.8, 4) is 11.1 Å². The van der Waals surface area contributed by atoms with Gasteiger partial charge in [0.05, 0.1) is 26.7 Å². The van der Waals surface area contributed by atoms with Gasteiger partial charge in [-0.3, -0.25) is 23.4 Å². The summed E-state index contributed by atoms with van der Waals surface area (Å²) in [4.78, 5) is 34.2. The van der Waals surface area contributed by atoms with Gasteiger partial charge < -0.3 is 18.6 Å². The van der Waals surface area contributed by atoms with E-state index >= 15 is 0 Å². The zero-order chi connectivity index (χ0) is 39.2. The van der Waals surface area contributed by atoms with E-state index in [1.54, 1.807) is 30.4 Å². The van der Waals surface area contributed by atoms with Crippen LogP contribution in [0.4, 0.5) is 0 Å². The molecule has 0 atom stereocenters. The zero-order valence-corrected chi connectivity index (χ0v) is 38.3. The standard InChI is InChI=1S/C21H24Cl3N5O2Si.C13H19ClIN3O2Si/c1-27-20(30)15-13(12-6-7-14-16(17(12)22)18(23)28(2)26-14)10-29(19(15)25-21(27)24)11-31-8-9-32(3,4)5;1-17-12(19)10-9(15)7-18(11(10)16-13(17)14)8-20-5-6-21(2,3)4/h6-7,10H,8-9,11H2,1-5H3;7H,5-6,8H2,1-4H3. The molecule has 0 saturated heterocycles. The normalized spacial score (nSPS) is 12.3. The first-order valence-electron chi connectivity index (χ1n) is 16.8. The second-order valence-electron chi connectivity index (χ2n) is 15.3. The Labute approximate surface area is 343 Å². The molecule has 5 aromatic heterocycles. The molecule has 1 aromatic carbocycles. The van der Waals surface area contributed by atoms with Crippen LogP contribution in [0, 0.1) is 3.57 Å². The summed E-state index contributed by atoms with van der Waals surface area (Å²) in [6.07, 6.45) is 3.71. The highest BCUT2D eigenvalue weighted by molar-refractivity contribution is 14.1. The summed E-state index contributed by atoms with van der Waals surface area (Å²) in [5.74, 6) is 0. The van der Waals surface area contributed by atoms with Crippen molar-refractivity contribution < 1.29 is 9.47 Å². The topological polar surface area (TPSA) is 116 Å². The molecule has 0 spiro atoms. The van der Waals surface area contributed by atoms with Crippen LogP contribution in [0.3, 0.4) is 0 Å². The number of aromatic nitrogens is 8. The number of halogens is 5. The Morgan fingerprint density at radius 2 is 1.19 bits per heavy atom. The SMILES string of the molecule is Cn1c(Cl)nc2c(c(I)cn2COCC[Si](C)(C)C)c1=O.Cn1nc2ccc(-c3cn(COCC[Si](C)(C)C)c4nc(Cl)n(C)c(=O)c34)c(Cl)c2c1Cl. The molecule has 286 valence electrons. The summed E-state index contributed by atoms with van der Waals surface area (Å²) in [5, 5.41) is 7.17.